The van der Waals surface area contributed by atoms with Crippen LogP contribution in [0.2, 0.25) is 0 Å². The Kier molecular flexibility index (Phi) is 5.13. The van der Waals surface area contributed by atoms with Crippen molar-refractivity contribution in [2.24, 2.45) is 0 Å². The Bertz CT molecular complexity index is 920. The van der Waals surface area contributed by atoms with E-state index in [1.54, 1.807) is 0 Å². The first-order chi connectivity index (χ1) is 12.3. The van der Waals surface area contributed by atoms with Crippen LogP contribution >= 0.6 is 11.8 Å². The van der Waals surface area contributed by atoms with Crippen LogP contribution in [0.1, 0.15) is 5.69 Å². The number of aryl methyl sites for hydroxylation is 1. The highest BCUT2D eigenvalue weighted by molar-refractivity contribution is 8.00. The van der Waals surface area contributed by atoms with Gasteiger partial charge in [-0.05, 0) is 37.3 Å². The second-order valence-electron chi connectivity index (χ2n) is 5.53. The molecule has 0 fully saturated rings. The van der Waals surface area contributed by atoms with E-state index in [-0.39, 0.29) is 17.4 Å². The molecule has 136 valence electrons. The number of hydrogen-bond donors (Lipinski definition) is 2. The number of carbonyl (C=O) groups is 1. The molecule has 3 aromatic rings. The Morgan fingerprint density at radius 2 is 1.85 bits per heavy atom. The maximum Gasteiger partial charge on any atom is 0.573 e. The number of alkyl halides is 3. The summed E-state index contributed by atoms with van der Waals surface area (Å²) in [6.07, 6.45) is -4.74. The van der Waals surface area contributed by atoms with Crippen LogP contribution in [0, 0.1) is 6.92 Å². The van der Waals surface area contributed by atoms with Crippen LogP contribution in [0.5, 0.6) is 5.75 Å². The maximum atomic E-state index is 12.1. The Morgan fingerprint density at radius 1 is 1.15 bits per heavy atom. The molecule has 4 nitrogen and oxygen atoms in total. The SMILES string of the molecule is Cc1[nH]c2ccccc2c1SCC(=O)Nc1ccc(OC(F)(F)F)cc1. The van der Waals surface area contributed by atoms with Crippen LogP contribution in [0.15, 0.2) is 53.4 Å². The minimum atomic E-state index is -4.74. The number of aromatic amines is 1. The molecular formula is C18H15F3N2O2S. The number of hydrogen-bond acceptors (Lipinski definition) is 3. The molecule has 0 aliphatic carbocycles. The molecule has 0 radical (unpaired) electrons. The summed E-state index contributed by atoms with van der Waals surface area (Å²) in [5.74, 6) is -0.396. The zero-order valence-corrected chi connectivity index (χ0v) is 14.5. The van der Waals surface area contributed by atoms with Gasteiger partial charge in [-0.3, -0.25) is 4.79 Å². The van der Waals surface area contributed by atoms with Gasteiger partial charge in [0, 0.05) is 27.2 Å². The van der Waals surface area contributed by atoms with Crippen LogP contribution in [0.4, 0.5) is 18.9 Å². The first kappa shape index (κ1) is 18.2. The lowest BCUT2D eigenvalue weighted by molar-refractivity contribution is -0.274. The van der Waals surface area contributed by atoms with Gasteiger partial charge in [-0.1, -0.05) is 18.2 Å². The molecule has 26 heavy (non-hydrogen) atoms. The van der Waals surface area contributed by atoms with Crippen LogP contribution in [-0.4, -0.2) is 23.0 Å². The van der Waals surface area contributed by atoms with Crippen molar-refractivity contribution in [3.8, 4) is 5.75 Å². The van der Waals surface area contributed by atoms with E-state index < -0.39 is 6.36 Å². The number of amides is 1. The Hall–Kier alpha value is -2.61. The Morgan fingerprint density at radius 3 is 2.54 bits per heavy atom. The molecular weight excluding hydrogens is 365 g/mol. The normalized spacial score (nSPS) is 11.5. The van der Waals surface area contributed by atoms with Gasteiger partial charge < -0.3 is 15.0 Å². The number of H-pyrrole nitrogens is 1. The summed E-state index contributed by atoms with van der Waals surface area (Å²) in [6, 6.07) is 12.9. The van der Waals surface area contributed by atoms with Gasteiger partial charge in [0.05, 0.1) is 5.75 Å². The number of benzene rings is 2. The number of thioether (sulfide) groups is 1. The number of anilines is 1. The molecule has 1 heterocycles. The lowest BCUT2D eigenvalue weighted by Gasteiger charge is -2.10. The standard InChI is InChI=1S/C18H15F3N2O2S/c1-11-17(14-4-2-3-5-15(14)22-11)26-10-16(24)23-12-6-8-13(9-7-12)25-18(19,20)21/h2-9,22H,10H2,1H3,(H,23,24). The Balaban J connectivity index is 1.59. The van der Waals surface area contributed by atoms with Crippen LogP contribution in [0.25, 0.3) is 10.9 Å². The smallest absolute Gasteiger partial charge is 0.406 e. The fourth-order valence-electron chi connectivity index (χ4n) is 2.51. The van der Waals surface area contributed by atoms with Gasteiger partial charge in [0.25, 0.3) is 0 Å². The number of para-hydroxylation sites is 1. The van der Waals surface area contributed by atoms with Crippen molar-refractivity contribution in [2.45, 2.75) is 18.2 Å². The number of nitrogens with one attached hydrogen (secondary N) is 2. The zero-order chi connectivity index (χ0) is 18.7. The zero-order valence-electron chi connectivity index (χ0n) is 13.7. The predicted octanol–water partition coefficient (Wildman–Crippen LogP) is 5.11. The molecule has 0 saturated carbocycles. The number of rotatable bonds is 5. The fraction of sp³-hybridized carbons (Fsp3) is 0.167. The number of aromatic nitrogens is 1. The third kappa shape index (κ3) is 4.51. The van der Waals surface area contributed by atoms with Gasteiger partial charge in [0.1, 0.15) is 5.75 Å². The van der Waals surface area contributed by atoms with E-state index in [1.165, 1.54) is 23.9 Å². The summed E-state index contributed by atoms with van der Waals surface area (Å²) in [6.45, 7) is 1.94. The van der Waals surface area contributed by atoms with Crippen molar-refractivity contribution in [3.05, 3.63) is 54.2 Å². The third-order valence-corrected chi connectivity index (χ3v) is 4.78. The second kappa shape index (κ2) is 7.33. The van der Waals surface area contributed by atoms with Crippen molar-refractivity contribution in [2.75, 3.05) is 11.1 Å². The maximum absolute atomic E-state index is 12.1. The lowest BCUT2D eigenvalue weighted by Crippen LogP contribution is -2.17. The first-order valence-corrected chi connectivity index (χ1v) is 8.66. The van der Waals surface area contributed by atoms with E-state index in [0.717, 1.165) is 33.6 Å². The first-order valence-electron chi connectivity index (χ1n) is 7.67. The molecule has 0 spiro atoms. The largest absolute Gasteiger partial charge is 0.573 e. The average molecular weight is 380 g/mol. The molecule has 8 heteroatoms. The summed E-state index contributed by atoms with van der Waals surface area (Å²) < 4.78 is 40.2. The quantitative estimate of drug-likeness (QED) is 0.605. The van der Waals surface area contributed by atoms with Crippen molar-refractivity contribution in [1.82, 2.24) is 4.98 Å². The molecule has 0 bridgehead atoms. The molecule has 2 aromatic carbocycles. The number of halogens is 3. The van der Waals surface area contributed by atoms with E-state index in [2.05, 4.69) is 15.0 Å². The van der Waals surface area contributed by atoms with Gasteiger partial charge in [0.2, 0.25) is 5.91 Å². The fourth-order valence-corrected chi connectivity index (χ4v) is 3.46. The summed E-state index contributed by atoms with van der Waals surface area (Å²) in [4.78, 5) is 16.4. The monoisotopic (exact) mass is 380 g/mol. The third-order valence-electron chi connectivity index (χ3n) is 3.55. The molecule has 0 aliphatic rings. The van der Waals surface area contributed by atoms with Crippen molar-refractivity contribution >= 4 is 34.3 Å². The van der Waals surface area contributed by atoms with E-state index >= 15 is 0 Å². The van der Waals surface area contributed by atoms with Crippen molar-refractivity contribution < 1.29 is 22.7 Å². The number of ether oxygens (including phenoxy) is 1. The van der Waals surface area contributed by atoms with Crippen LogP contribution in [-0.2, 0) is 4.79 Å². The highest BCUT2D eigenvalue weighted by Gasteiger charge is 2.30. The van der Waals surface area contributed by atoms with Gasteiger partial charge in [-0.2, -0.15) is 0 Å². The summed E-state index contributed by atoms with van der Waals surface area (Å²) in [7, 11) is 0. The highest BCUT2D eigenvalue weighted by atomic mass is 32.2. The molecule has 0 saturated heterocycles. The van der Waals surface area contributed by atoms with Gasteiger partial charge in [0.15, 0.2) is 0 Å². The van der Waals surface area contributed by atoms with Crippen LogP contribution in [0.3, 0.4) is 0 Å². The van der Waals surface area contributed by atoms with E-state index in [4.69, 9.17) is 0 Å². The highest BCUT2D eigenvalue weighted by Crippen LogP contribution is 2.31. The molecule has 1 aromatic heterocycles. The average Bonchev–Trinajstić information content (AvgIpc) is 2.89. The second-order valence-corrected chi connectivity index (χ2v) is 6.52. The van der Waals surface area contributed by atoms with E-state index in [9.17, 15) is 18.0 Å². The molecule has 3 rings (SSSR count). The van der Waals surface area contributed by atoms with Gasteiger partial charge >= 0.3 is 6.36 Å². The molecule has 0 atom stereocenters. The van der Waals surface area contributed by atoms with E-state index in [1.807, 2.05) is 31.2 Å². The van der Waals surface area contributed by atoms with Crippen molar-refractivity contribution in [3.63, 3.8) is 0 Å². The summed E-state index contributed by atoms with van der Waals surface area (Å²) >= 11 is 1.40. The molecule has 0 aliphatic heterocycles. The van der Waals surface area contributed by atoms with Gasteiger partial charge in [-0.15, -0.1) is 24.9 Å². The van der Waals surface area contributed by atoms with Crippen LogP contribution < -0.4 is 10.1 Å². The lowest BCUT2D eigenvalue weighted by atomic mass is 10.2. The number of fused-ring (bicyclic) bond motifs is 1. The molecule has 1 amide bonds. The minimum absolute atomic E-state index is 0.184. The topological polar surface area (TPSA) is 54.1 Å². The molecule has 0 unspecified atom stereocenters. The van der Waals surface area contributed by atoms with Crippen molar-refractivity contribution in [1.29, 1.82) is 0 Å². The Labute approximate surface area is 151 Å². The summed E-state index contributed by atoms with van der Waals surface area (Å²) in [5, 5.41) is 3.71. The predicted molar refractivity (Wildman–Crippen MR) is 95.5 cm³/mol. The van der Waals surface area contributed by atoms with Gasteiger partial charge in [-0.25, -0.2) is 0 Å². The molecule has 2 N–H and O–H groups in total. The summed E-state index contributed by atoms with van der Waals surface area (Å²) in [5.41, 5.74) is 2.39. The minimum Gasteiger partial charge on any atom is -0.406 e. The number of carbonyl (C=O) groups excluding carboxylic acids is 1. The van der Waals surface area contributed by atoms with E-state index in [0.29, 0.717) is 5.69 Å².